The van der Waals surface area contributed by atoms with Crippen LogP contribution in [0.25, 0.3) is 38.6 Å². The summed E-state index contributed by atoms with van der Waals surface area (Å²) in [5.41, 5.74) is 7.18. The summed E-state index contributed by atoms with van der Waals surface area (Å²) in [5, 5.41) is 8.41. The molecule has 5 N–H and O–H groups in total. The molecule has 0 unspecified atom stereocenters. The molecule has 37 heavy (non-hydrogen) atoms. The van der Waals surface area contributed by atoms with Crippen molar-refractivity contribution in [3.63, 3.8) is 0 Å². The van der Waals surface area contributed by atoms with E-state index in [2.05, 4.69) is 10.3 Å². The van der Waals surface area contributed by atoms with Gasteiger partial charge in [-0.25, -0.2) is 10.8 Å². The minimum Gasteiger partial charge on any atom is -0.400 e. The van der Waals surface area contributed by atoms with Crippen molar-refractivity contribution in [2.45, 2.75) is 6.18 Å². The summed E-state index contributed by atoms with van der Waals surface area (Å²) in [5.74, 6) is 6.26. The average Bonchev–Trinajstić information content (AvgIpc) is 3.35. The van der Waals surface area contributed by atoms with Gasteiger partial charge in [0.15, 0.2) is 5.69 Å². The molecular formula is C28H25F3N6. The number of nitrogens with two attached hydrogens (primary N) is 2. The van der Waals surface area contributed by atoms with Crippen LogP contribution in [0.1, 0.15) is 5.69 Å². The van der Waals surface area contributed by atoms with Crippen LogP contribution in [0, 0.1) is 0 Å². The molecule has 6 nitrogen and oxygen atoms in total. The van der Waals surface area contributed by atoms with Gasteiger partial charge in [0.25, 0.3) is 0 Å². The van der Waals surface area contributed by atoms with Gasteiger partial charge < -0.3 is 11.1 Å². The minimum absolute atomic E-state index is 0.192. The Labute approximate surface area is 211 Å². The van der Waals surface area contributed by atoms with Crippen LogP contribution in [0.4, 0.5) is 18.9 Å². The fraction of sp³-hybridized carbons (Fsp3) is 0.107. The molecule has 0 aliphatic rings. The number of benzene rings is 4. The van der Waals surface area contributed by atoms with Crippen LogP contribution in [0.5, 0.6) is 0 Å². The number of nitrogens with one attached hydrogen (secondary N) is 1. The second-order valence-corrected chi connectivity index (χ2v) is 8.70. The number of alkyl halides is 3. The zero-order valence-electron chi connectivity index (χ0n) is 20.0. The van der Waals surface area contributed by atoms with Crippen molar-refractivity contribution in [2.24, 2.45) is 11.6 Å². The Morgan fingerprint density at radius 1 is 0.973 bits per heavy atom. The van der Waals surface area contributed by atoms with E-state index >= 15 is 0 Å². The molecule has 9 heteroatoms. The van der Waals surface area contributed by atoms with Crippen LogP contribution in [-0.2, 0) is 6.18 Å². The summed E-state index contributed by atoms with van der Waals surface area (Å²) in [6.07, 6.45) is -1.99. The van der Waals surface area contributed by atoms with Crippen LogP contribution in [0.15, 0.2) is 97.0 Å². The summed E-state index contributed by atoms with van der Waals surface area (Å²) in [6, 6.07) is 24.4. The maximum Gasteiger partial charge on any atom is 0.434 e. The normalized spacial score (nSPS) is 12.4. The lowest BCUT2D eigenvalue weighted by molar-refractivity contribution is -0.140. The lowest BCUT2D eigenvalue weighted by atomic mass is 10.00. The van der Waals surface area contributed by atoms with Gasteiger partial charge >= 0.3 is 6.18 Å². The summed E-state index contributed by atoms with van der Waals surface area (Å²) in [4.78, 5) is 3.98. The fourth-order valence-corrected chi connectivity index (χ4v) is 4.36. The molecule has 0 radical (unpaired) electrons. The van der Waals surface area contributed by atoms with E-state index in [1.807, 2.05) is 48.5 Å². The van der Waals surface area contributed by atoms with Crippen molar-refractivity contribution in [1.29, 1.82) is 0 Å². The molecule has 0 atom stereocenters. The molecule has 0 fully saturated rings. The van der Waals surface area contributed by atoms with Crippen LogP contribution in [-0.4, -0.2) is 23.1 Å². The average molecular weight is 503 g/mol. The van der Waals surface area contributed by atoms with Gasteiger partial charge in [0, 0.05) is 35.9 Å². The highest BCUT2D eigenvalue weighted by molar-refractivity contribution is 6.08. The lowest BCUT2D eigenvalue weighted by Crippen LogP contribution is -2.28. The number of nitrogens with zero attached hydrogens (tertiary/aromatic N) is 3. The fourth-order valence-electron chi connectivity index (χ4n) is 4.36. The third-order valence-electron chi connectivity index (χ3n) is 6.11. The Bertz CT molecular complexity index is 1600. The highest BCUT2D eigenvalue weighted by atomic mass is 19.4. The lowest BCUT2D eigenvalue weighted by Gasteiger charge is -2.16. The molecule has 0 aliphatic carbocycles. The molecule has 0 saturated carbocycles. The highest BCUT2D eigenvalue weighted by Crippen LogP contribution is 2.35. The van der Waals surface area contributed by atoms with Crippen molar-refractivity contribution >= 4 is 27.2 Å². The first-order valence-corrected chi connectivity index (χ1v) is 11.6. The number of hydrogen-bond donors (Lipinski definition) is 3. The van der Waals surface area contributed by atoms with E-state index in [1.54, 1.807) is 43.6 Å². The van der Waals surface area contributed by atoms with Crippen molar-refractivity contribution in [3.05, 3.63) is 103 Å². The Kier molecular flexibility index (Phi) is 6.32. The molecule has 0 bridgehead atoms. The number of likely N-dealkylation sites (N-methyl/N-ethyl adjacent to an activating group) is 1. The summed E-state index contributed by atoms with van der Waals surface area (Å²) < 4.78 is 42.5. The Balaban J connectivity index is 1.57. The van der Waals surface area contributed by atoms with E-state index in [4.69, 9.17) is 11.6 Å². The Morgan fingerprint density at radius 2 is 1.68 bits per heavy atom. The molecule has 0 aliphatic heterocycles. The zero-order valence-corrected chi connectivity index (χ0v) is 20.0. The predicted molar refractivity (Wildman–Crippen MR) is 142 cm³/mol. The zero-order chi connectivity index (χ0) is 26.2. The number of aromatic nitrogens is 2. The van der Waals surface area contributed by atoms with Crippen molar-refractivity contribution in [2.75, 3.05) is 18.6 Å². The van der Waals surface area contributed by atoms with Crippen molar-refractivity contribution in [1.82, 2.24) is 14.9 Å². The standard InChI is InChI=1S/C28H25F3N6/c1-34-15-21(32)16-37(33)23-11-9-22(10-12-23)36-17-26(28(29,30)31)35-27(36)20-8-13-25-19(14-20)7-6-18-4-2-3-5-24(18)25/h2-14,16-17,34H,15,32-33H2,1H3/b21-16-. The smallest absolute Gasteiger partial charge is 0.400 e. The number of anilines is 1. The summed E-state index contributed by atoms with van der Waals surface area (Å²) >= 11 is 0. The van der Waals surface area contributed by atoms with Gasteiger partial charge in [0.1, 0.15) is 5.82 Å². The molecule has 0 spiro atoms. The maximum atomic E-state index is 13.7. The van der Waals surface area contributed by atoms with E-state index in [1.165, 1.54) is 9.58 Å². The highest BCUT2D eigenvalue weighted by Gasteiger charge is 2.35. The van der Waals surface area contributed by atoms with Crippen LogP contribution >= 0.6 is 0 Å². The van der Waals surface area contributed by atoms with Gasteiger partial charge in [-0.1, -0.05) is 48.5 Å². The van der Waals surface area contributed by atoms with Gasteiger partial charge in [-0.2, -0.15) is 13.2 Å². The number of hydrazine groups is 1. The Morgan fingerprint density at radius 3 is 2.41 bits per heavy atom. The maximum absolute atomic E-state index is 13.7. The number of imidazole rings is 1. The molecule has 5 rings (SSSR count). The van der Waals surface area contributed by atoms with Gasteiger partial charge in [-0.3, -0.25) is 9.58 Å². The topological polar surface area (TPSA) is 85.1 Å². The first kappa shape index (κ1) is 24.4. The quantitative estimate of drug-likeness (QED) is 0.161. The predicted octanol–water partition coefficient (Wildman–Crippen LogP) is 5.56. The molecular weight excluding hydrogens is 477 g/mol. The number of halogens is 3. The largest absolute Gasteiger partial charge is 0.434 e. The second kappa shape index (κ2) is 9.61. The van der Waals surface area contributed by atoms with Crippen molar-refractivity contribution < 1.29 is 13.2 Å². The molecule has 5 aromatic rings. The first-order valence-electron chi connectivity index (χ1n) is 11.6. The monoisotopic (exact) mass is 502 g/mol. The molecule has 1 aromatic heterocycles. The van der Waals surface area contributed by atoms with Crippen LogP contribution in [0.2, 0.25) is 0 Å². The number of hydrogen-bond acceptors (Lipinski definition) is 5. The molecule has 4 aromatic carbocycles. The molecule has 0 saturated heterocycles. The summed E-state index contributed by atoms with van der Waals surface area (Å²) in [7, 11) is 1.77. The van der Waals surface area contributed by atoms with Gasteiger partial charge in [-0.15, -0.1) is 0 Å². The molecule has 0 amide bonds. The van der Waals surface area contributed by atoms with Gasteiger partial charge in [0.05, 0.1) is 5.69 Å². The first-order chi connectivity index (χ1) is 17.7. The number of rotatable bonds is 6. The van der Waals surface area contributed by atoms with Crippen molar-refractivity contribution in [3.8, 4) is 17.1 Å². The van der Waals surface area contributed by atoms with Gasteiger partial charge in [-0.05, 0) is 58.9 Å². The molecule has 1 heterocycles. The van der Waals surface area contributed by atoms with E-state index in [9.17, 15) is 13.2 Å². The second-order valence-electron chi connectivity index (χ2n) is 8.70. The Hall–Kier alpha value is -4.34. The van der Waals surface area contributed by atoms with E-state index in [0.29, 0.717) is 29.2 Å². The minimum atomic E-state index is -4.59. The SMILES string of the molecule is CNC/C(N)=C/N(N)c1ccc(-n2cc(C(F)(F)F)nc2-c2ccc3c(ccc4ccccc43)c2)cc1. The number of fused-ring (bicyclic) bond motifs is 3. The van der Waals surface area contributed by atoms with E-state index in [0.717, 1.165) is 27.7 Å². The van der Waals surface area contributed by atoms with Gasteiger partial charge in [0.2, 0.25) is 0 Å². The third-order valence-corrected chi connectivity index (χ3v) is 6.11. The van der Waals surface area contributed by atoms with Crippen LogP contribution < -0.4 is 21.9 Å². The van der Waals surface area contributed by atoms with E-state index < -0.39 is 11.9 Å². The summed E-state index contributed by atoms with van der Waals surface area (Å²) in [6.45, 7) is 0.464. The van der Waals surface area contributed by atoms with Crippen LogP contribution in [0.3, 0.4) is 0 Å². The van der Waals surface area contributed by atoms with E-state index in [-0.39, 0.29) is 5.82 Å². The molecule has 188 valence electrons. The third kappa shape index (κ3) is 4.87.